The summed E-state index contributed by atoms with van der Waals surface area (Å²) in [6.07, 6.45) is 1.80. The van der Waals surface area contributed by atoms with Crippen molar-refractivity contribution in [2.75, 3.05) is 0 Å². The number of hydrogen-bond acceptors (Lipinski definition) is 4. The summed E-state index contributed by atoms with van der Waals surface area (Å²) in [7, 11) is 0. The van der Waals surface area contributed by atoms with E-state index in [9.17, 15) is 0 Å². The number of para-hydroxylation sites is 1. The van der Waals surface area contributed by atoms with Crippen molar-refractivity contribution in [3.63, 3.8) is 0 Å². The summed E-state index contributed by atoms with van der Waals surface area (Å²) in [5.74, 6) is 2.16. The van der Waals surface area contributed by atoms with E-state index in [0.717, 1.165) is 51.5 Å². The maximum absolute atomic E-state index is 6.88. The molecule has 0 aliphatic heterocycles. The molecule has 0 amide bonds. The minimum Gasteiger partial charge on any atom is -0.455 e. The second kappa shape index (κ2) is 16.6. The van der Waals surface area contributed by atoms with Crippen LogP contribution in [-0.4, -0.2) is 15.0 Å². The van der Waals surface area contributed by atoms with Gasteiger partial charge in [0.2, 0.25) is 0 Å². The molecule has 0 N–H and O–H groups in total. The molecule has 0 bridgehead atoms. The van der Waals surface area contributed by atoms with Crippen LogP contribution in [0.5, 0.6) is 0 Å². The Kier molecular flexibility index (Phi) is 9.26. The van der Waals surface area contributed by atoms with Gasteiger partial charge in [0.05, 0.1) is 11.0 Å². The Labute approximate surface area is 452 Å². The van der Waals surface area contributed by atoms with Gasteiger partial charge in [-0.3, -0.25) is 0 Å². The van der Waals surface area contributed by atoms with Gasteiger partial charge in [0.15, 0.2) is 17.5 Å². The summed E-state index contributed by atoms with van der Waals surface area (Å²) < 4.78 is 6.88. The topological polar surface area (TPSA) is 51.8 Å². The maximum atomic E-state index is 6.88. The van der Waals surface area contributed by atoms with Crippen LogP contribution in [0.25, 0.3) is 101 Å². The lowest BCUT2D eigenvalue weighted by atomic mass is 9.69. The van der Waals surface area contributed by atoms with Crippen molar-refractivity contribution in [1.29, 1.82) is 0 Å². The fourth-order valence-corrected chi connectivity index (χ4v) is 14.3. The Morgan fingerprint density at radius 3 is 1.62 bits per heavy atom. The van der Waals surface area contributed by atoms with Crippen LogP contribution in [0.3, 0.4) is 0 Å². The minimum absolute atomic E-state index is 0.139. The predicted octanol–water partition coefficient (Wildman–Crippen LogP) is 17.8. The Morgan fingerprint density at radius 1 is 0.333 bits per heavy atom. The summed E-state index contributed by atoms with van der Waals surface area (Å²) in [5, 5.41) is 2.13. The van der Waals surface area contributed by atoms with Crippen LogP contribution in [0.15, 0.2) is 253 Å². The molecule has 4 aliphatic carbocycles. The molecule has 13 aromatic rings. The van der Waals surface area contributed by atoms with Crippen LogP contribution >= 0.6 is 0 Å². The zero-order chi connectivity index (χ0) is 51.1. The Balaban J connectivity index is 0.842. The molecular formula is C74H47N3O. The number of hydrogen-bond donors (Lipinski definition) is 0. The van der Waals surface area contributed by atoms with Gasteiger partial charge in [-0.15, -0.1) is 0 Å². The van der Waals surface area contributed by atoms with Gasteiger partial charge >= 0.3 is 0 Å². The molecule has 0 saturated carbocycles. The Bertz CT molecular complexity index is 4530. The van der Waals surface area contributed by atoms with E-state index in [1.807, 2.05) is 60.7 Å². The van der Waals surface area contributed by atoms with E-state index in [4.69, 9.17) is 19.4 Å². The highest BCUT2D eigenvalue weighted by atomic mass is 16.3. The van der Waals surface area contributed by atoms with Crippen LogP contribution < -0.4 is 0 Å². The first-order chi connectivity index (χ1) is 38.7. The van der Waals surface area contributed by atoms with E-state index in [1.54, 1.807) is 0 Å². The normalized spacial score (nSPS) is 15.7. The van der Waals surface area contributed by atoms with Gasteiger partial charge in [-0.1, -0.05) is 218 Å². The van der Waals surface area contributed by atoms with E-state index < -0.39 is 5.41 Å². The highest BCUT2D eigenvalue weighted by Crippen LogP contribution is 2.65. The molecule has 364 valence electrons. The largest absolute Gasteiger partial charge is 0.455 e. The maximum Gasteiger partial charge on any atom is 0.167 e. The lowest BCUT2D eigenvalue weighted by molar-refractivity contribution is 0.666. The van der Waals surface area contributed by atoms with E-state index in [-0.39, 0.29) is 11.8 Å². The first-order valence-electron chi connectivity index (χ1n) is 27.3. The fourth-order valence-electron chi connectivity index (χ4n) is 14.3. The monoisotopic (exact) mass is 993 g/mol. The summed E-state index contributed by atoms with van der Waals surface area (Å²) in [4.78, 5) is 15.2. The van der Waals surface area contributed by atoms with Crippen molar-refractivity contribution in [3.05, 3.63) is 304 Å². The third-order valence-corrected chi connectivity index (χ3v) is 17.7. The number of fused-ring (bicyclic) bond motifs is 19. The average Bonchev–Trinajstić information content (AvgIpc) is 3.12. The van der Waals surface area contributed by atoms with E-state index >= 15 is 0 Å². The third-order valence-electron chi connectivity index (χ3n) is 17.7. The van der Waals surface area contributed by atoms with E-state index in [1.165, 1.54) is 100 Å². The standard InChI is InChI=1S/C74H47N3O/c1-4-19-44(20-5-1)69-55-30-13-12-27-52(55)59-42-61-60-41-58-50(40-66(60)74(67(61)43-63(59)69)64-33-16-14-28-53(64)54-29-15-17-34-65(54)74)38-49(37-48-25-10-11-26-51(48)58)47-35-36-68-62(39-47)56-31-18-32-57(70(56)78-68)73-76-71(45-21-6-2-7-22-45)75-72(77-73)46-23-8-3-9-24-46/h1-36,39-43,49,69H,37-38H2. The summed E-state index contributed by atoms with van der Waals surface area (Å²) in [6, 6.07) is 91.8. The molecule has 0 fully saturated rings. The van der Waals surface area contributed by atoms with Gasteiger partial charge < -0.3 is 4.42 Å². The van der Waals surface area contributed by atoms with Gasteiger partial charge in [0.1, 0.15) is 11.2 Å². The van der Waals surface area contributed by atoms with E-state index in [2.05, 4.69) is 188 Å². The lowest BCUT2D eigenvalue weighted by Gasteiger charge is -2.31. The van der Waals surface area contributed by atoms with Gasteiger partial charge in [-0.2, -0.15) is 0 Å². The first kappa shape index (κ1) is 43.5. The molecule has 4 nitrogen and oxygen atoms in total. The molecule has 17 rings (SSSR count). The number of aromatic nitrogens is 3. The molecule has 2 atom stereocenters. The van der Waals surface area contributed by atoms with Crippen LogP contribution in [-0.2, 0) is 18.3 Å². The number of furan rings is 1. The second-order valence-corrected chi connectivity index (χ2v) is 21.7. The van der Waals surface area contributed by atoms with Gasteiger partial charge in [-0.25, -0.2) is 15.0 Å². The zero-order valence-corrected chi connectivity index (χ0v) is 42.5. The first-order valence-corrected chi connectivity index (χ1v) is 27.3. The fraction of sp³-hybridized carbons (Fsp3) is 0.0676. The average molecular weight is 994 g/mol. The van der Waals surface area contributed by atoms with Crippen molar-refractivity contribution in [2.24, 2.45) is 0 Å². The highest BCUT2D eigenvalue weighted by Gasteiger charge is 2.53. The smallest absolute Gasteiger partial charge is 0.167 e. The minimum atomic E-state index is -0.506. The molecule has 1 spiro atoms. The number of rotatable bonds is 5. The highest BCUT2D eigenvalue weighted by molar-refractivity contribution is 6.09. The van der Waals surface area contributed by atoms with Crippen LogP contribution in [0.1, 0.15) is 67.5 Å². The van der Waals surface area contributed by atoms with Crippen molar-refractivity contribution in [3.8, 4) is 78.7 Å². The molecular weight excluding hydrogens is 947 g/mol. The molecule has 4 heteroatoms. The van der Waals surface area contributed by atoms with Crippen molar-refractivity contribution in [2.45, 2.75) is 30.1 Å². The van der Waals surface area contributed by atoms with Crippen LogP contribution in [0.4, 0.5) is 0 Å². The molecule has 78 heavy (non-hydrogen) atoms. The summed E-state index contributed by atoms with van der Waals surface area (Å²) >= 11 is 0. The third kappa shape index (κ3) is 6.20. The van der Waals surface area contributed by atoms with Gasteiger partial charge in [0.25, 0.3) is 0 Å². The van der Waals surface area contributed by atoms with Crippen LogP contribution in [0.2, 0.25) is 0 Å². The molecule has 4 aliphatic rings. The second-order valence-electron chi connectivity index (χ2n) is 21.7. The summed E-state index contributed by atoms with van der Waals surface area (Å²) in [5.41, 5.74) is 28.1. The van der Waals surface area contributed by atoms with Gasteiger partial charge in [-0.05, 0) is 149 Å². The Hall–Kier alpha value is -9.77. The molecule has 0 saturated heterocycles. The number of nitrogens with zero attached hydrogens (tertiary/aromatic N) is 3. The molecule has 2 heterocycles. The molecule has 2 aromatic heterocycles. The Morgan fingerprint density at radius 2 is 0.897 bits per heavy atom. The van der Waals surface area contributed by atoms with Crippen molar-refractivity contribution >= 4 is 21.9 Å². The predicted molar refractivity (Wildman–Crippen MR) is 315 cm³/mol. The van der Waals surface area contributed by atoms with Gasteiger partial charge in [0, 0.05) is 27.8 Å². The van der Waals surface area contributed by atoms with Crippen molar-refractivity contribution < 1.29 is 4.42 Å². The zero-order valence-electron chi connectivity index (χ0n) is 42.5. The quantitative estimate of drug-likeness (QED) is 0.172. The summed E-state index contributed by atoms with van der Waals surface area (Å²) in [6.45, 7) is 0. The number of benzene rings is 11. The van der Waals surface area contributed by atoms with Crippen molar-refractivity contribution in [1.82, 2.24) is 15.0 Å². The molecule has 0 radical (unpaired) electrons. The van der Waals surface area contributed by atoms with E-state index in [0.29, 0.717) is 17.5 Å². The lowest BCUT2D eigenvalue weighted by Crippen LogP contribution is -2.26. The molecule has 2 unspecified atom stereocenters. The SMILES string of the molecule is c1ccc(-c2nc(-c3ccccc3)nc(-c3cccc4c3oc3ccc(C5Cc6ccccc6-c6cc7c(cc6C5)C5(c6ccccc6-c6ccccc65)c5cc6c(cc5-7)-c5ccccc5C6c5ccccc5)cc34)n2)cc1. The van der Waals surface area contributed by atoms with Crippen LogP contribution in [0, 0.1) is 0 Å². The molecule has 11 aromatic carbocycles.